The van der Waals surface area contributed by atoms with Crippen molar-refractivity contribution >= 4 is 22.9 Å². The van der Waals surface area contributed by atoms with Crippen LogP contribution in [0.5, 0.6) is 0 Å². The lowest BCUT2D eigenvalue weighted by Crippen LogP contribution is -2.19. The molecule has 2 aromatic rings. The molecule has 1 amide bonds. The van der Waals surface area contributed by atoms with Gasteiger partial charge in [-0.25, -0.2) is 0 Å². The number of hydrogen-bond acceptors (Lipinski definition) is 5. The van der Waals surface area contributed by atoms with Crippen molar-refractivity contribution in [1.29, 1.82) is 0 Å². The van der Waals surface area contributed by atoms with E-state index < -0.39 is 0 Å². The summed E-state index contributed by atoms with van der Waals surface area (Å²) in [5.74, 6) is -0.246. The maximum absolute atomic E-state index is 11.9. The van der Waals surface area contributed by atoms with Gasteiger partial charge in [-0.2, -0.15) is 0 Å². The molecule has 28 heavy (non-hydrogen) atoms. The third-order valence-corrected chi connectivity index (χ3v) is 5.05. The smallest absolute Gasteiger partial charge is 0.269 e. The van der Waals surface area contributed by atoms with Gasteiger partial charge >= 0.3 is 0 Å². The molecule has 0 bridgehead atoms. The maximum atomic E-state index is 11.9. The SMILES string of the molecule is CNC(=O)c1cc(C(/C=C(\N)c2cc(N3CCCC3)ccc2C)=C/N)ccn1. The summed E-state index contributed by atoms with van der Waals surface area (Å²) in [6.07, 6.45) is 7.38. The zero-order valence-corrected chi connectivity index (χ0v) is 16.4. The topological polar surface area (TPSA) is 97.3 Å². The lowest BCUT2D eigenvalue weighted by Gasteiger charge is -2.19. The zero-order chi connectivity index (χ0) is 20.1. The molecular formula is C22H27N5O. The molecule has 1 aliphatic rings. The minimum Gasteiger partial charge on any atom is -0.404 e. The van der Waals surface area contributed by atoms with Crippen LogP contribution in [0.15, 0.2) is 48.8 Å². The Kier molecular flexibility index (Phi) is 5.99. The van der Waals surface area contributed by atoms with Gasteiger partial charge in [0.1, 0.15) is 5.69 Å². The van der Waals surface area contributed by atoms with E-state index >= 15 is 0 Å². The summed E-state index contributed by atoms with van der Waals surface area (Å²) >= 11 is 0. The van der Waals surface area contributed by atoms with Crippen LogP contribution in [0.3, 0.4) is 0 Å². The number of nitrogens with two attached hydrogens (primary N) is 2. The number of pyridine rings is 1. The molecule has 1 saturated heterocycles. The normalized spacial score (nSPS) is 15.0. The number of aryl methyl sites for hydroxylation is 1. The standard InChI is InChI=1S/C22H27N5O/c1-15-5-6-18(27-9-3-4-10-27)13-19(15)20(24)11-17(14-23)16-7-8-26-21(12-16)22(28)25-2/h5-8,11-14H,3-4,9-10,23-24H2,1-2H3,(H,25,28)/b17-14+,20-11-. The molecule has 0 atom stereocenters. The van der Waals surface area contributed by atoms with Crippen molar-refractivity contribution < 1.29 is 4.79 Å². The number of carbonyl (C=O) groups is 1. The second kappa shape index (κ2) is 8.61. The van der Waals surface area contributed by atoms with Gasteiger partial charge in [-0.05, 0) is 66.8 Å². The van der Waals surface area contributed by atoms with E-state index in [1.807, 2.05) is 19.1 Å². The molecule has 146 valence electrons. The molecule has 0 aliphatic carbocycles. The van der Waals surface area contributed by atoms with Crippen molar-refractivity contribution in [2.75, 3.05) is 25.0 Å². The Bertz CT molecular complexity index is 926. The molecule has 1 aliphatic heterocycles. The predicted molar refractivity (Wildman–Crippen MR) is 115 cm³/mol. The van der Waals surface area contributed by atoms with Crippen LogP contribution in [0.1, 0.15) is 40.0 Å². The second-order valence-corrected chi connectivity index (χ2v) is 6.92. The van der Waals surface area contributed by atoms with Gasteiger partial charge < -0.3 is 21.7 Å². The summed E-state index contributed by atoms with van der Waals surface area (Å²) in [6, 6.07) is 9.90. The monoisotopic (exact) mass is 377 g/mol. The van der Waals surface area contributed by atoms with Gasteiger partial charge in [0, 0.05) is 49.5 Å². The molecular weight excluding hydrogens is 350 g/mol. The van der Waals surface area contributed by atoms with Crippen LogP contribution in [0.2, 0.25) is 0 Å². The van der Waals surface area contributed by atoms with E-state index in [0.717, 1.165) is 35.4 Å². The van der Waals surface area contributed by atoms with E-state index in [1.165, 1.54) is 24.7 Å². The molecule has 3 rings (SSSR count). The number of allylic oxidation sites excluding steroid dienone is 2. The van der Waals surface area contributed by atoms with Crippen molar-refractivity contribution in [3.05, 3.63) is 71.2 Å². The van der Waals surface area contributed by atoms with Gasteiger partial charge in [0.2, 0.25) is 0 Å². The highest BCUT2D eigenvalue weighted by Gasteiger charge is 2.14. The Balaban J connectivity index is 1.93. The fraction of sp³-hybridized carbons (Fsp3) is 0.273. The van der Waals surface area contributed by atoms with Crippen LogP contribution in [-0.2, 0) is 0 Å². The average molecular weight is 377 g/mol. The van der Waals surface area contributed by atoms with Gasteiger partial charge in [0.15, 0.2) is 0 Å². The number of hydrogen-bond donors (Lipinski definition) is 3. The van der Waals surface area contributed by atoms with Crippen LogP contribution in [0.4, 0.5) is 5.69 Å². The fourth-order valence-electron chi connectivity index (χ4n) is 3.43. The van der Waals surface area contributed by atoms with Crippen molar-refractivity contribution in [1.82, 2.24) is 10.3 Å². The van der Waals surface area contributed by atoms with E-state index in [-0.39, 0.29) is 5.91 Å². The molecule has 1 aromatic carbocycles. The van der Waals surface area contributed by atoms with E-state index in [2.05, 4.69) is 33.4 Å². The third kappa shape index (κ3) is 4.17. The lowest BCUT2D eigenvalue weighted by atomic mass is 10.00. The van der Waals surface area contributed by atoms with Gasteiger partial charge in [0.05, 0.1) is 0 Å². The molecule has 5 N–H and O–H groups in total. The molecule has 1 aromatic heterocycles. The van der Waals surface area contributed by atoms with Crippen molar-refractivity contribution in [3.63, 3.8) is 0 Å². The Morgan fingerprint density at radius 2 is 1.96 bits per heavy atom. The first kappa shape index (κ1) is 19.5. The second-order valence-electron chi connectivity index (χ2n) is 6.92. The number of carbonyl (C=O) groups excluding carboxylic acids is 1. The molecule has 6 heteroatoms. The zero-order valence-electron chi connectivity index (χ0n) is 16.4. The summed E-state index contributed by atoms with van der Waals surface area (Å²) in [4.78, 5) is 18.3. The Morgan fingerprint density at radius 1 is 1.21 bits per heavy atom. The number of rotatable bonds is 5. The highest BCUT2D eigenvalue weighted by Crippen LogP contribution is 2.27. The number of nitrogens with zero attached hydrogens (tertiary/aromatic N) is 2. The predicted octanol–water partition coefficient (Wildman–Crippen LogP) is 2.65. The summed E-state index contributed by atoms with van der Waals surface area (Å²) in [5.41, 5.74) is 18.1. The maximum Gasteiger partial charge on any atom is 0.269 e. The van der Waals surface area contributed by atoms with E-state index in [0.29, 0.717) is 11.4 Å². The van der Waals surface area contributed by atoms with Crippen molar-refractivity contribution in [2.24, 2.45) is 11.5 Å². The first-order valence-corrected chi connectivity index (χ1v) is 9.47. The summed E-state index contributed by atoms with van der Waals surface area (Å²) < 4.78 is 0. The van der Waals surface area contributed by atoms with E-state index in [9.17, 15) is 4.79 Å². The summed E-state index contributed by atoms with van der Waals surface area (Å²) in [7, 11) is 1.57. The molecule has 0 saturated carbocycles. The lowest BCUT2D eigenvalue weighted by molar-refractivity contribution is 0.0958. The molecule has 0 unspecified atom stereocenters. The molecule has 0 spiro atoms. The Labute approximate surface area is 165 Å². The van der Waals surface area contributed by atoms with Crippen LogP contribution in [-0.4, -0.2) is 31.0 Å². The van der Waals surface area contributed by atoms with Gasteiger partial charge in [-0.1, -0.05) is 6.07 Å². The first-order valence-electron chi connectivity index (χ1n) is 9.47. The van der Waals surface area contributed by atoms with Gasteiger partial charge in [-0.3, -0.25) is 9.78 Å². The Morgan fingerprint density at radius 3 is 2.64 bits per heavy atom. The Hall–Kier alpha value is -3.28. The molecule has 1 fully saturated rings. The van der Waals surface area contributed by atoms with Crippen LogP contribution in [0.25, 0.3) is 11.3 Å². The number of benzene rings is 1. The highest BCUT2D eigenvalue weighted by atomic mass is 16.1. The number of anilines is 1. The van der Waals surface area contributed by atoms with Crippen LogP contribution >= 0.6 is 0 Å². The van der Waals surface area contributed by atoms with Crippen LogP contribution in [0, 0.1) is 6.92 Å². The quantitative estimate of drug-likeness (QED) is 0.696. The average Bonchev–Trinajstić information content (AvgIpc) is 3.26. The molecule has 6 nitrogen and oxygen atoms in total. The minimum atomic E-state index is -0.246. The highest BCUT2D eigenvalue weighted by molar-refractivity contribution is 5.93. The minimum absolute atomic E-state index is 0.246. The largest absolute Gasteiger partial charge is 0.404 e. The molecule has 0 radical (unpaired) electrons. The number of nitrogens with one attached hydrogen (secondary N) is 1. The summed E-state index contributed by atoms with van der Waals surface area (Å²) in [6.45, 7) is 4.21. The van der Waals surface area contributed by atoms with Crippen molar-refractivity contribution in [2.45, 2.75) is 19.8 Å². The van der Waals surface area contributed by atoms with E-state index in [1.54, 1.807) is 19.3 Å². The summed E-state index contributed by atoms with van der Waals surface area (Å²) in [5, 5.41) is 2.58. The first-order chi connectivity index (χ1) is 13.5. The molecule has 2 heterocycles. The van der Waals surface area contributed by atoms with Gasteiger partial charge in [0.25, 0.3) is 5.91 Å². The fourth-order valence-corrected chi connectivity index (χ4v) is 3.43. The third-order valence-electron chi connectivity index (χ3n) is 5.05. The number of amides is 1. The van der Waals surface area contributed by atoms with Crippen LogP contribution < -0.4 is 21.7 Å². The number of aromatic nitrogens is 1. The van der Waals surface area contributed by atoms with E-state index in [4.69, 9.17) is 11.5 Å². The van der Waals surface area contributed by atoms with Gasteiger partial charge in [-0.15, -0.1) is 0 Å². The van der Waals surface area contributed by atoms with Crippen molar-refractivity contribution in [3.8, 4) is 0 Å².